The third kappa shape index (κ3) is 3.47. The highest BCUT2D eigenvalue weighted by atomic mass is 16.6. The van der Waals surface area contributed by atoms with Crippen molar-refractivity contribution in [2.24, 2.45) is 5.73 Å². The number of phenols is 1. The topological polar surface area (TPSA) is 118 Å². The fourth-order valence-electron chi connectivity index (χ4n) is 1.80. The van der Waals surface area contributed by atoms with Crippen LogP contribution in [0.25, 0.3) is 0 Å². The first kappa shape index (κ1) is 14.3. The summed E-state index contributed by atoms with van der Waals surface area (Å²) in [5, 5.41) is 23.1. The zero-order valence-electron chi connectivity index (χ0n) is 10.9. The average Bonchev–Trinajstić information content (AvgIpc) is 2.46. The number of carbonyl (C=O) groups excluding carboxylic acids is 1. The van der Waals surface area contributed by atoms with E-state index in [1.807, 2.05) is 0 Å². The number of nitrogens with two attached hydrogens (primary N) is 1. The monoisotopic (exact) mass is 287 g/mol. The second-order valence-corrected chi connectivity index (χ2v) is 4.37. The van der Waals surface area contributed by atoms with Crippen LogP contribution >= 0.6 is 0 Å². The van der Waals surface area contributed by atoms with Gasteiger partial charge < -0.3 is 16.2 Å². The van der Waals surface area contributed by atoms with Gasteiger partial charge in [-0.1, -0.05) is 12.1 Å². The van der Waals surface area contributed by atoms with E-state index in [1.165, 1.54) is 12.1 Å². The van der Waals surface area contributed by atoms with Crippen molar-refractivity contribution in [3.8, 4) is 5.75 Å². The molecule has 2 aromatic carbocycles. The van der Waals surface area contributed by atoms with Crippen molar-refractivity contribution in [3.05, 3.63) is 63.7 Å². The van der Waals surface area contributed by atoms with Gasteiger partial charge in [0.25, 0.3) is 5.69 Å². The highest BCUT2D eigenvalue weighted by molar-refractivity contribution is 5.92. The van der Waals surface area contributed by atoms with Crippen molar-refractivity contribution in [1.82, 2.24) is 0 Å². The van der Waals surface area contributed by atoms with Gasteiger partial charge in [0.05, 0.1) is 11.0 Å². The Kier molecular flexibility index (Phi) is 4.03. The molecule has 0 atom stereocenters. The zero-order valence-corrected chi connectivity index (χ0v) is 10.9. The Morgan fingerprint density at radius 1 is 1.24 bits per heavy atom. The second-order valence-electron chi connectivity index (χ2n) is 4.37. The predicted octanol–water partition coefficient (Wildman–Crippen LogP) is 2.01. The summed E-state index contributed by atoms with van der Waals surface area (Å²) in [6, 6.07) is 10.5. The number of carbonyl (C=O) groups is 1. The van der Waals surface area contributed by atoms with Crippen molar-refractivity contribution in [2.75, 3.05) is 5.32 Å². The Labute approximate surface area is 120 Å². The first-order valence-corrected chi connectivity index (χ1v) is 6.07. The number of aromatic hydroxyl groups is 1. The van der Waals surface area contributed by atoms with E-state index < -0.39 is 10.8 Å². The molecule has 0 fully saturated rings. The van der Waals surface area contributed by atoms with E-state index in [2.05, 4.69) is 5.32 Å². The molecule has 0 radical (unpaired) electrons. The maximum Gasteiger partial charge on any atom is 0.296 e. The number of phenolic OH excluding ortho intramolecular Hbond substituents is 1. The third-order valence-electron chi connectivity index (χ3n) is 2.90. The van der Waals surface area contributed by atoms with Crippen molar-refractivity contribution in [2.45, 2.75) is 6.54 Å². The molecule has 0 aliphatic carbocycles. The Morgan fingerprint density at radius 3 is 2.48 bits per heavy atom. The number of nitro benzene ring substituents is 1. The van der Waals surface area contributed by atoms with Gasteiger partial charge in [-0.15, -0.1) is 0 Å². The Balaban J connectivity index is 2.13. The lowest BCUT2D eigenvalue weighted by atomic mass is 10.1. The Hall–Kier alpha value is -3.09. The smallest absolute Gasteiger partial charge is 0.296 e. The summed E-state index contributed by atoms with van der Waals surface area (Å²) in [7, 11) is 0. The van der Waals surface area contributed by atoms with Crippen molar-refractivity contribution >= 4 is 17.3 Å². The minimum Gasteiger partial charge on any atom is -0.508 e. The first-order chi connectivity index (χ1) is 9.97. The van der Waals surface area contributed by atoms with Gasteiger partial charge in [0.2, 0.25) is 5.91 Å². The van der Waals surface area contributed by atoms with Crippen molar-refractivity contribution in [3.63, 3.8) is 0 Å². The molecule has 0 bridgehead atoms. The van der Waals surface area contributed by atoms with Gasteiger partial charge in [-0.05, 0) is 29.8 Å². The van der Waals surface area contributed by atoms with Crippen LogP contribution in [-0.2, 0) is 6.54 Å². The highest BCUT2D eigenvalue weighted by Crippen LogP contribution is 2.28. The molecule has 21 heavy (non-hydrogen) atoms. The minimum atomic E-state index is -0.571. The summed E-state index contributed by atoms with van der Waals surface area (Å²) >= 11 is 0. The maximum atomic E-state index is 11.0. The zero-order chi connectivity index (χ0) is 15.4. The van der Waals surface area contributed by atoms with Gasteiger partial charge in [-0.3, -0.25) is 14.9 Å². The molecular weight excluding hydrogens is 274 g/mol. The van der Waals surface area contributed by atoms with Crippen LogP contribution in [0.1, 0.15) is 15.9 Å². The number of primary amides is 1. The fourth-order valence-corrected chi connectivity index (χ4v) is 1.80. The molecule has 0 unspecified atom stereocenters. The quantitative estimate of drug-likeness (QED) is 0.441. The minimum absolute atomic E-state index is 0.168. The van der Waals surface area contributed by atoms with E-state index >= 15 is 0 Å². The number of nitrogens with one attached hydrogen (secondary N) is 1. The van der Waals surface area contributed by atoms with Crippen LogP contribution in [0.4, 0.5) is 11.4 Å². The van der Waals surface area contributed by atoms with Crippen LogP contribution in [0.2, 0.25) is 0 Å². The van der Waals surface area contributed by atoms with Crippen molar-refractivity contribution < 1.29 is 14.8 Å². The predicted molar refractivity (Wildman–Crippen MR) is 77.0 cm³/mol. The van der Waals surface area contributed by atoms with Gasteiger partial charge in [0.15, 0.2) is 0 Å². The number of hydrogen-bond acceptors (Lipinski definition) is 5. The summed E-state index contributed by atoms with van der Waals surface area (Å²) in [5.74, 6) is -0.679. The molecule has 0 aromatic heterocycles. The van der Waals surface area contributed by atoms with Gasteiger partial charge in [0, 0.05) is 12.1 Å². The summed E-state index contributed by atoms with van der Waals surface area (Å²) in [6.45, 7) is 0.338. The van der Waals surface area contributed by atoms with Crippen LogP contribution in [0.3, 0.4) is 0 Å². The lowest BCUT2D eigenvalue weighted by Crippen LogP contribution is -2.10. The number of hydrogen-bond donors (Lipinski definition) is 3. The molecule has 0 heterocycles. The van der Waals surface area contributed by atoms with E-state index in [-0.39, 0.29) is 11.4 Å². The van der Waals surface area contributed by atoms with Crippen LogP contribution < -0.4 is 11.1 Å². The van der Waals surface area contributed by atoms with E-state index in [0.717, 1.165) is 11.6 Å². The molecule has 0 spiro atoms. The lowest BCUT2D eigenvalue weighted by molar-refractivity contribution is -0.384. The molecule has 2 rings (SSSR count). The van der Waals surface area contributed by atoms with Crippen molar-refractivity contribution in [1.29, 1.82) is 0 Å². The number of benzene rings is 2. The number of nitro groups is 1. The number of anilines is 1. The first-order valence-electron chi connectivity index (χ1n) is 6.07. The average molecular weight is 287 g/mol. The molecule has 0 saturated carbocycles. The molecule has 7 nitrogen and oxygen atoms in total. The molecule has 0 aliphatic rings. The normalized spacial score (nSPS) is 10.1. The molecule has 7 heteroatoms. The second kappa shape index (κ2) is 5.91. The molecular formula is C14H13N3O4. The van der Waals surface area contributed by atoms with E-state index in [0.29, 0.717) is 17.8 Å². The summed E-state index contributed by atoms with van der Waals surface area (Å²) < 4.78 is 0. The molecule has 2 aromatic rings. The van der Waals surface area contributed by atoms with Gasteiger partial charge in [0.1, 0.15) is 11.4 Å². The lowest BCUT2D eigenvalue weighted by Gasteiger charge is -2.08. The van der Waals surface area contributed by atoms with E-state index in [1.54, 1.807) is 24.3 Å². The third-order valence-corrected chi connectivity index (χ3v) is 2.90. The van der Waals surface area contributed by atoms with Gasteiger partial charge in [-0.2, -0.15) is 0 Å². The van der Waals surface area contributed by atoms with Gasteiger partial charge >= 0.3 is 0 Å². The van der Waals surface area contributed by atoms with Crippen LogP contribution in [0, 0.1) is 10.1 Å². The van der Waals surface area contributed by atoms with E-state index in [9.17, 15) is 20.0 Å². The molecule has 108 valence electrons. The van der Waals surface area contributed by atoms with Crippen LogP contribution in [0.5, 0.6) is 5.75 Å². The molecule has 0 saturated heterocycles. The maximum absolute atomic E-state index is 11.0. The van der Waals surface area contributed by atoms with Crippen LogP contribution in [0.15, 0.2) is 42.5 Å². The molecule has 4 N–H and O–H groups in total. The SMILES string of the molecule is NC(=O)c1ccc(CNc2ccc(O)cc2[N+](=O)[O-])cc1. The highest BCUT2D eigenvalue weighted by Gasteiger charge is 2.14. The summed E-state index contributed by atoms with van der Waals surface area (Å²) in [4.78, 5) is 21.3. The fraction of sp³-hybridized carbons (Fsp3) is 0.0714. The van der Waals surface area contributed by atoms with Crippen LogP contribution in [-0.4, -0.2) is 15.9 Å². The Bertz CT molecular complexity index is 683. The van der Waals surface area contributed by atoms with Gasteiger partial charge in [-0.25, -0.2) is 0 Å². The number of nitrogens with zero attached hydrogens (tertiary/aromatic N) is 1. The summed E-state index contributed by atoms with van der Waals surface area (Å²) in [6.07, 6.45) is 0. The number of rotatable bonds is 5. The summed E-state index contributed by atoms with van der Waals surface area (Å²) in [5.41, 5.74) is 6.47. The largest absolute Gasteiger partial charge is 0.508 e. The Morgan fingerprint density at radius 2 is 1.90 bits per heavy atom. The molecule has 0 aliphatic heterocycles. The standard InChI is InChI=1S/C14H13N3O4/c15-14(19)10-3-1-9(2-4-10)8-16-12-6-5-11(18)7-13(12)17(20)21/h1-7,16,18H,8H2,(H2,15,19). The number of amides is 1. The van der Waals surface area contributed by atoms with E-state index in [4.69, 9.17) is 5.73 Å². The molecule has 1 amide bonds.